The summed E-state index contributed by atoms with van der Waals surface area (Å²) < 4.78 is 7.23. The number of nitrogens with zero attached hydrogens (tertiary/aromatic N) is 6. The molecule has 8 nitrogen and oxygen atoms in total. The molecule has 1 aromatic carbocycles. The van der Waals surface area contributed by atoms with E-state index in [0.717, 1.165) is 67.3 Å². The first-order chi connectivity index (χ1) is 15.0. The quantitative estimate of drug-likeness (QED) is 0.632. The molecule has 3 heterocycles. The Kier molecular flexibility index (Phi) is 5.09. The molecule has 2 aliphatic rings. The molecule has 5 rings (SSSR count). The summed E-state index contributed by atoms with van der Waals surface area (Å²) in [6.07, 6.45) is 2.09. The fourth-order valence-corrected chi connectivity index (χ4v) is 4.22. The lowest BCUT2D eigenvalue weighted by Gasteiger charge is -2.36. The van der Waals surface area contributed by atoms with Crippen molar-refractivity contribution in [1.29, 1.82) is 0 Å². The van der Waals surface area contributed by atoms with Gasteiger partial charge in [-0.15, -0.1) is 0 Å². The zero-order valence-corrected chi connectivity index (χ0v) is 18.3. The Hall–Kier alpha value is -3.00. The summed E-state index contributed by atoms with van der Waals surface area (Å²) in [4.78, 5) is 26.3. The number of ether oxygens (including phenoxy) is 1. The number of benzene rings is 1. The van der Waals surface area contributed by atoms with Crippen molar-refractivity contribution in [2.75, 3.05) is 38.2 Å². The summed E-state index contributed by atoms with van der Waals surface area (Å²) in [5, 5.41) is 5.76. The highest BCUT2D eigenvalue weighted by Crippen LogP contribution is 2.33. The first-order valence-corrected chi connectivity index (χ1v) is 10.9. The van der Waals surface area contributed by atoms with E-state index in [1.165, 1.54) is 5.56 Å². The lowest BCUT2D eigenvalue weighted by atomic mass is 10.2. The largest absolute Gasteiger partial charge is 0.377 e. The predicted molar refractivity (Wildman–Crippen MR) is 118 cm³/mol. The molecule has 0 N–H and O–H groups in total. The summed E-state index contributed by atoms with van der Waals surface area (Å²) in [5.74, 6) is 2.10. The zero-order valence-electron chi connectivity index (χ0n) is 18.3. The Labute approximate surface area is 181 Å². The Morgan fingerprint density at radius 2 is 1.77 bits per heavy atom. The van der Waals surface area contributed by atoms with Crippen molar-refractivity contribution in [2.45, 2.75) is 33.3 Å². The van der Waals surface area contributed by atoms with Gasteiger partial charge in [0.15, 0.2) is 11.5 Å². The highest BCUT2D eigenvalue weighted by molar-refractivity contribution is 5.91. The van der Waals surface area contributed by atoms with Gasteiger partial charge >= 0.3 is 0 Å². The summed E-state index contributed by atoms with van der Waals surface area (Å²) >= 11 is 0. The van der Waals surface area contributed by atoms with Gasteiger partial charge in [0.1, 0.15) is 12.4 Å². The van der Waals surface area contributed by atoms with Crippen LogP contribution in [0.15, 0.2) is 24.3 Å². The highest BCUT2D eigenvalue weighted by Gasteiger charge is 2.35. The van der Waals surface area contributed by atoms with Crippen molar-refractivity contribution in [1.82, 2.24) is 24.6 Å². The van der Waals surface area contributed by atoms with Gasteiger partial charge in [-0.25, -0.2) is 14.6 Å². The van der Waals surface area contributed by atoms with Gasteiger partial charge in [-0.1, -0.05) is 17.7 Å². The van der Waals surface area contributed by atoms with Crippen molar-refractivity contribution in [3.63, 3.8) is 0 Å². The average molecular weight is 421 g/mol. The van der Waals surface area contributed by atoms with Crippen molar-refractivity contribution in [3.8, 4) is 5.69 Å². The minimum atomic E-state index is 0.264. The van der Waals surface area contributed by atoms with E-state index in [0.29, 0.717) is 18.3 Å². The molecule has 0 atom stereocenters. The molecule has 1 amide bonds. The number of hydrogen-bond donors (Lipinski definition) is 0. The number of methoxy groups -OCH3 is 1. The van der Waals surface area contributed by atoms with E-state index in [1.54, 1.807) is 7.11 Å². The summed E-state index contributed by atoms with van der Waals surface area (Å²) in [5.41, 5.74) is 3.85. The van der Waals surface area contributed by atoms with E-state index < -0.39 is 0 Å². The normalized spacial score (nSPS) is 16.9. The molecule has 162 valence electrons. The Morgan fingerprint density at radius 1 is 1.06 bits per heavy atom. The SMILES string of the molecule is COCc1nc(N2CCN(C(=O)C3CC3)CC2)c2c(C)nn(-c3ccc(C)cc3)c2n1. The lowest BCUT2D eigenvalue weighted by Crippen LogP contribution is -2.49. The maximum Gasteiger partial charge on any atom is 0.225 e. The van der Waals surface area contributed by atoms with Crippen LogP contribution in [0.1, 0.15) is 29.9 Å². The number of fused-ring (bicyclic) bond motifs is 1. The third-order valence-electron chi connectivity index (χ3n) is 6.10. The van der Waals surface area contributed by atoms with E-state index in [2.05, 4.69) is 36.1 Å². The van der Waals surface area contributed by atoms with E-state index in [4.69, 9.17) is 19.8 Å². The van der Waals surface area contributed by atoms with Crippen LogP contribution < -0.4 is 4.90 Å². The van der Waals surface area contributed by atoms with E-state index in [9.17, 15) is 4.79 Å². The van der Waals surface area contributed by atoms with Crippen LogP contribution in [0.25, 0.3) is 16.7 Å². The maximum absolute atomic E-state index is 12.4. The molecule has 2 aromatic heterocycles. The van der Waals surface area contributed by atoms with Gasteiger partial charge in [-0.2, -0.15) is 5.10 Å². The van der Waals surface area contributed by atoms with Gasteiger partial charge in [0.25, 0.3) is 0 Å². The average Bonchev–Trinajstić information content (AvgIpc) is 3.58. The molecule has 31 heavy (non-hydrogen) atoms. The molecule has 3 aromatic rings. The molecule has 1 saturated carbocycles. The molecule has 0 unspecified atom stereocenters. The second kappa shape index (κ2) is 7.92. The van der Waals surface area contributed by atoms with Gasteiger partial charge in [0, 0.05) is 39.2 Å². The number of amides is 1. The smallest absolute Gasteiger partial charge is 0.225 e. The number of carbonyl (C=O) groups excluding carboxylic acids is 1. The fourth-order valence-electron chi connectivity index (χ4n) is 4.22. The van der Waals surface area contributed by atoms with Crippen LogP contribution in [0.2, 0.25) is 0 Å². The van der Waals surface area contributed by atoms with Crippen molar-refractivity contribution in [3.05, 3.63) is 41.3 Å². The van der Waals surface area contributed by atoms with Crippen LogP contribution in [0.4, 0.5) is 5.82 Å². The minimum absolute atomic E-state index is 0.264. The van der Waals surface area contributed by atoms with Crippen molar-refractivity contribution < 1.29 is 9.53 Å². The number of hydrogen-bond acceptors (Lipinski definition) is 6. The predicted octanol–water partition coefficient (Wildman–Crippen LogP) is 2.64. The van der Waals surface area contributed by atoms with Crippen molar-refractivity contribution in [2.24, 2.45) is 5.92 Å². The monoisotopic (exact) mass is 420 g/mol. The van der Waals surface area contributed by atoms with E-state index in [1.807, 2.05) is 16.5 Å². The second-order valence-corrected chi connectivity index (χ2v) is 8.51. The van der Waals surface area contributed by atoms with E-state index >= 15 is 0 Å². The molecule has 1 aliphatic carbocycles. The molecule has 1 aliphatic heterocycles. The van der Waals surface area contributed by atoms with Crippen LogP contribution >= 0.6 is 0 Å². The van der Waals surface area contributed by atoms with Crippen LogP contribution in [0.3, 0.4) is 0 Å². The van der Waals surface area contributed by atoms with Crippen LogP contribution in [-0.4, -0.2) is 63.8 Å². The van der Waals surface area contributed by atoms with Gasteiger partial charge in [0.05, 0.1) is 16.8 Å². The molecule has 2 fully saturated rings. The van der Waals surface area contributed by atoms with Crippen LogP contribution in [-0.2, 0) is 16.1 Å². The number of carbonyl (C=O) groups is 1. The second-order valence-electron chi connectivity index (χ2n) is 8.51. The Morgan fingerprint density at radius 3 is 2.42 bits per heavy atom. The first-order valence-electron chi connectivity index (χ1n) is 10.9. The zero-order chi connectivity index (χ0) is 21.5. The molecule has 1 saturated heterocycles. The Bertz CT molecular complexity index is 1110. The van der Waals surface area contributed by atoms with Crippen molar-refractivity contribution >= 4 is 22.8 Å². The summed E-state index contributed by atoms with van der Waals surface area (Å²) in [6, 6.07) is 8.27. The van der Waals surface area contributed by atoms with Gasteiger partial charge in [-0.05, 0) is 38.8 Å². The van der Waals surface area contributed by atoms with Gasteiger partial charge in [-0.3, -0.25) is 4.79 Å². The third kappa shape index (κ3) is 3.76. The number of piperazine rings is 1. The van der Waals surface area contributed by atoms with Gasteiger partial charge < -0.3 is 14.5 Å². The molecule has 0 bridgehead atoms. The minimum Gasteiger partial charge on any atom is -0.377 e. The molecule has 0 radical (unpaired) electrons. The maximum atomic E-state index is 12.4. The molecule has 8 heteroatoms. The first kappa shape index (κ1) is 19.9. The Balaban J connectivity index is 1.53. The topological polar surface area (TPSA) is 76.4 Å². The van der Waals surface area contributed by atoms with Gasteiger partial charge in [0.2, 0.25) is 5.91 Å². The van der Waals surface area contributed by atoms with Crippen LogP contribution in [0.5, 0.6) is 0 Å². The lowest BCUT2D eigenvalue weighted by molar-refractivity contribution is -0.132. The molecular weight excluding hydrogens is 392 g/mol. The summed E-state index contributed by atoms with van der Waals surface area (Å²) in [7, 11) is 1.65. The molecular formula is C23H28N6O2. The summed E-state index contributed by atoms with van der Waals surface area (Å²) in [6.45, 7) is 7.38. The number of anilines is 1. The number of aryl methyl sites for hydroxylation is 2. The standard InChI is InChI=1S/C23H28N6O2/c1-15-4-8-18(9-5-15)29-22-20(16(2)26-29)21(24-19(25-22)14-31-3)27-10-12-28(13-11-27)23(30)17-6-7-17/h4-5,8-9,17H,6-7,10-14H2,1-3H3. The van der Waals surface area contributed by atoms with Crippen LogP contribution in [0, 0.1) is 19.8 Å². The fraction of sp³-hybridized carbons (Fsp3) is 0.478. The highest BCUT2D eigenvalue weighted by atomic mass is 16.5. The van der Waals surface area contributed by atoms with E-state index in [-0.39, 0.29) is 5.92 Å². The molecule has 0 spiro atoms. The number of aromatic nitrogens is 4. The number of rotatable bonds is 5. The third-order valence-corrected chi connectivity index (χ3v) is 6.10.